The zero-order chi connectivity index (χ0) is 24.4. The van der Waals surface area contributed by atoms with Crippen LogP contribution in [0.3, 0.4) is 0 Å². The highest BCUT2D eigenvalue weighted by molar-refractivity contribution is 7.99. The summed E-state index contributed by atoms with van der Waals surface area (Å²) in [6.07, 6.45) is 0.210. The summed E-state index contributed by atoms with van der Waals surface area (Å²) in [7, 11) is 3.89. The molecule has 34 heavy (non-hydrogen) atoms. The molecule has 2 atom stereocenters. The number of nitrogens with one attached hydrogen (secondary N) is 1. The molecular weight excluding hydrogens is 455 g/mol. The molecule has 2 aromatic carbocycles. The number of halogens is 1. The summed E-state index contributed by atoms with van der Waals surface area (Å²) < 4.78 is 15.4. The van der Waals surface area contributed by atoms with E-state index >= 15 is 0 Å². The molecule has 1 aromatic heterocycles. The minimum Gasteiger partial charge on any atom is -0.324 e. The molecule has 3 aromatic rings. The van der Waals surface area contributed by atoms with Crippen molar-refractivity contribution in [1.82, 2.24) is 19.7 Å². The minimum atomic E-state index is -0.333. The molecule has 0 aliphatic carbocycles. The fraction of sp³-hybridized carbons (Fsp3) is 0.333. The first kappa shape index (κ1) is 23.9. The normalized spacial score (nSPS) is 16.7. The lowest BCUT2D eigenvalue weighted by molar-refractivity contribution is -0.117. The number of carbonyl (C=O) groups excluding carboxylic acids is 2. The lowest BCUT2D eigenvalue weighted by Crippen LogP contribution is -2.40. The number of benzene rings is 2. The molecular formula is C24H27FN6O2S. The van der Waals surface area contributed by atoms with Gasteiger partial charge in [0.05, 0.1) is 23.2 Å². The Morgan fingerprint density at radius 3 is 2.62 bits per heavy atom. The summed E-state index contributed by atoms with van der Waals surface area (Å²) in [5.74, 6) is 0.191. The molecule has 0 spiro atoms. The van der Waals surface area contributed by atoms with Gasteiger partial charge in [0.25, 0.3) is 0 Å². The molecule has 178 valence electrons. The second-order valence-electron chi connectivity index (χ2n) is 8.46. The largest absolute Gasteiger partial charge is 0.324 e. The average molecular weight is 483 g/mol. The fourth-order valence-corrected chi connectivity index (χ4v) is 4.69. The van der Waals surface area contributed by atoms with Crippen molar-refractivity contribution in [2.45, 2.75) is 37.5 Å². The topological polar surface area (TPSA) is 83.4 Å². The van der Waals surface area contributed by atoms with E-state index in [9.17, 15) is 14.0 Å². The average Bonchev–Trinajstić information content (AvgIpc) is 3.16. The van der Waals surface area contributed by atoms with Crippen LogP contribution in [0.1, 0.15) is 32.1 Å². The van der Waals surface area contributed by atoms with Crippen LogP contribution < -0.4 is 10.2 Å². The third kappa shape index (κ3) is 4.83. The number of fused-ring (bicyclic) bond motifs is 1. The van der Waals surface area contributed by atoms with Crippen molar-refractivity contribution < 1.29 is 14.0 Å². The molecule has 0 unspecified atom stereocenters. The van der Waals surface area contributed by atoms with E-state index in [1.807, 2.05) is 55.6 Å². The van der Waals surface area contributed by atoms with Crippen LogP contribution in [0.2, 0.25) is 0 Å². The highest BCUT2D eigenvalue weighted by Gasteiger charge is 2.30. The number of anilines is 2. The van der Waals surface area contributed by atoms with Crippen LogP contribution >= 0.6 is 11.8 Å². The van der Waals surface area contributed by atoms with Crippen LogP contribution in [0.5, 0.6) is 0 Å². The summed E-state index contributed by atoms with van der Waals surface area (Å²) in [6.45, 7) is 3.87. The predicted octanol–water partition coefficient (Wildman–Crippen LogP) is 3.89. The Morgan fingerprint density at radius 2 is 1.91 bits per heavy atom. The number of rotatable bonds is 6. The highest BCUT2D eigenvalue weighted by Crippen LogP contribution is 2.33. The van der Waals surface area contributed by atoms with Crippen molar-refractivity contribution in [1.29, 1.82) is 0 Å². The highest BCUT2D eigenvalue weighted by atomic mass is 32.2. The maximum absolute atomic E-state index is 13.6. The maximum Gasteiger partial charge on any atom is 0.237 e. The molecule has 2 amide bonds. The number of nitrogens with zero attached hydrogens (tertiary/aromatic N) is 5. The molecule has 8 nitrogen and oxygen atoms in total. The Labute approximate surface area is 202 Å². The molecule has 1 aliphatic rings. The van der Waals surface area contributed by atoms with Gasteiger partial charge in [-0.2, -0.15) is 0 Å². The zero-order valence-corrected chi connectivity index (χ0v) is 20.3. The smallest absolute Gasteiger partial charge is 0.237 e. The van der Waals surface area contributed by atoms with Gasteiger partial charge in [0, 0.05) is 18.2 Å². The summed E-state index contributed by atoms with van der Waals surface area (Å²) in [6, 6.07) is 13.0. The first-order valence-electron chi connectivity index (χ1n) is 11.0. The molecule has 0 saturated heterocycles. The Bertz CT molecular complexity index is 1200. The van der Waals surface area contributed by atoms with Crippen molar-refractivity contribution >= 4 is 35.0 Å². The monoisotopic (exact) mass is 482 g/mol. The van der Waals surface area contributed by atoms with Crippen molar-refractivity contribution in [2.24, 2.45) is 0 Å². The first-order chi connectivity index (χ1) is 16.3. The summed E-state index contributed by atoms with van der Waals surface area (Å²) >= 11 is 1.26. The summed E-state index contributed by atoms with van der Waals surface area (Å²) in [4.78, 5) is 29.3. The molecule has 1 N–H and O–H groups in total. The lowest BCUT2D eigenvalue weighted by Gasteiger charge is -2.27. The molecule has 0 bridgehead atoms. The lowest BCUT2D eigenvalue weighted by atomic mass is 10.2. The van der Waals surface area contributed by atoms with Gasteiger partial charge in [0.15, 0.2) is 11.0 Å². The second kappa shape index (κ2) is 9.94. The second-order valence-corrected chi connectivity index (χ2v) is 9.41. The number of aromatic nitrogens is 3. The maximum atomic E-state index is 13.6. The fourth-order valence-electron chi connectivity index (χ4n) is 3.87. The number of hydrogen-bond acceptors (Lipinski definition) is 6. The molecule has 0 saturated carbocycles. The van der Waals surface area contributed by atoms with Gasteiger partial charge in [-0.25, -0.2) is 4.39 Å². The van der Waals surface area contributed by atoms with E-state index in [0.29, 0.717) is 28.0 Å². The Morgan fingerprint density at radius 1 is 1.21 bits per heavy atom. The van der Waals surface area contributed by atoms with Gasteiger partial charge in [-0.15, -0.1) is 10.2 Å². The standard InChI is InChI=1S/C24H27FN6O2S/c1-15-13-21(32)26-19-7-5-6-8-20(19)30(15)22(33)14-34-24-28-27-23(16(2)29(3)4)31(24)18-11-9-17(25)10-12-18/h5-12,15-16H,13-14H2,1-4H3,(H,26,32)/t15-,16+/m1/s1. The SMILES string of the molecule is C[C@@H]1CC(=O)Nc2ccccc2N1C(=O)CSc1nnc([C@H](C)N(C)C)n1-c1ccc(F)cc1. The summed E-state index contributed by atoms with van der Waals surface area (Å²) in [5, 5.41) is 12.1. The first-order valence-corrected chi connectivity index (χ1v) is 12.0. The third-order valence-corrected chi connectivity index (χ3v) is 6.76. The molecule has 1 aliphatic heterocycles. The van der Waals surface area contributed by atoms with Crippen molar-refractivity contribution in [2.75, 3.05) is 30.1 Å². The number of carbonyl (C=O) groups is 2. The minimum absolute atomic E-state index is 0.0582. The van der Waals surface area contributed by atoms with E-state index in [4.69, 9.17) is 0 Å². The molecule has 10 heteroatoms. The number of thioether (sulfide) groups is 1. The predicted molar refractivity (Wildman–Crippen MR) is 131 cm³/mol. The van der Waals surface area contributed by atoms with Gasteiger partial charge in [0.1, 0.15) is 5.82 Å². The third-order valence-electron chi connectivity index (χ3n) is 5.84. The quantitative estimate of drug-likeness (QED) is 0.537. The van der Waals surface area contributed by atoms with Crippen LogP contribution in [0, 0.1) is 5.82 Å². The van der Waals surface area contributed by atoms with Gasteiger partial charge < -0.3 is 10.2 Å². The van der Waals surface area contributed by atoms with Gasteiger partial charge in [-0.05, 0) is 64.3 Å². The molecule has 0 fully saturated rings. The summed E-state index contributed by atoms with van der Waals surface area (Å²) in [5.41, 5.74) is 2.01. The number of hydrogen-bond donors (Lipinski definition) is 1. The van der Waals surface area contributed by atoms with Crippen molar-refractivity contribution in [3.8, 4) is 5.69 Å². The Kier molecular flexibility index (Phi) is 6.99. The van der Waals surface area contributed by atoms with Gasteiger partial charge in [0.2, 0.25) is 11.8 Å². The van der Waals surface area contributed by atoms with E-state index < -0.39 is 0 Å². The van der Waals surface area contributed by atoms with Gasteiger partial charge >= 0.3 is 0 Å². The molecule has 2 heterocycles. The van der Waals surface area contributed by atoms with Crippen LogP contribution in [0.25, 0.3) is 5.69 Å². The van der Waals surface area contributed by atoms with Crippen molar-refractivity contribution in [3.05, 3.63) is 60.2 Å². The van der Waals surface area contributed by atoms with Gasteiger partial charge in [-0.1, -0.05) is 23.9 Å². The Hall–Kier alpha value is -3.24. The zero-order valence-electron chi connectivity index (χ0n) is 19.5. The van der Waals surface area contributed by atoms with Crippen LogP contribution in [-0.4, -0.2) is 57.4 Å². The molecule has 4 rings (SSSR count). The van der Waals surface area contributed by atoms with E-state index in [2.05, 4.69) is 15.5 Å². The van der Waals surface area contributed by atoms with E-state index in [1.165, 1.54) is 23.9 Å². The molecule has 0 radical (unpaired) electrons. The van der Waals surface area contributed by atoms with E-state index in [-0.39, 0.29) is 41.9 Å². The van der Waals surface area contributed by atoms with E-state index in [1.54, 1.807) is 23.1 Å². The van der Waals surface area contributed by atoms with Crippen LogP contribution in [0.4, 0.5) is 15.8 Å². The van der Waals surface area contributed by atoms with Crippen LogP contribution in [0.15, 0.2) is 53.7 Å². The van der Waals surface area contributed by atoms with Gasteiger partial charge in [-0.3, -0.25) is 19.1 Å². The van der Waals surface area contributed by atoms with E-state index in [0.717, 1.165) is 0 Å². The Balaban J connectivity index is 1.63. The van der Waals surface area contributed by atoms with Crippen LogP contribution in [-0.2, 0) is 9.59 Å². The van der Waals surface area contributed by atoms with Crippen molar-refractivity contribution in [3.63, 3.8) is 0 Å². The number of amides is 2. The number of para-hydroxylation sites is 2.